The van der Waals surface area contributed by atoms with Crippen molar-refractivity contribution < 1.29 is 5.11 Å². The van der Waals surface area contributed by atoms with E-state index >= 15 is 0 Å². The van der Waals surface area contributed by atoms with E-state index in [4.69, 9.17) is 0 Å². The minimum Gasteiger partial charge on any atom is -0.391 e. The van der Waals surface area contributed by atoms with Crippen LogP contribution in [0.4, 0.5) is 5.95 Å². The highest BCUT2D eigenvalue weighted by atomic mass is 16.3. The zero-order chi connectivity index (χ0) is 12.4. The minimum absolute atomic E-state index is 0.248. The summed E-state index contributed by atoms with van der Waals surface area (Å²) in [4.78, 5) is 10.8. The highest BCUT2D eigenvalue weighted by molar-refractivity contribution is 5.61. The molecule has 1 atom stereocenters. The predicted molar refractivity (Wildman–Crippen MR) is 70.3 cm³/mol. The van der Waals surface area contributed by atoms with Crippen LogP contribution in [0.3, 0.4) is 0 Å². The van der Waals surface area contributed by atoms with Crippen LogP contribution in [-0.4, -0.2) is 34.3 Å². The van der Waals surface area contributed by atoms with Gasteiger partial charge in [0.05, 0.1) is 6.10 Å². The first-order chi connectivity index (χ1) is 8.83. The van der Waals surface area contributed by atoms with Crippen LogP contribution >= 0.6 is 0 Å². The maximum absolute atomic E-state index is 9.50. The Balaban J connectivity index is 1.81. The first kappa shape index (κ1) is 11.2. The second-order valence-electron chi connectivity index (χ2n) is 4.53. The molecule has 2 aromatic rings. The van der Waals surface area contributed by atoms with Gasteiger partial charge in [-0.1, -0.05) is 30.3 Å². The Morgan fingerprint density at radius 2 is 1.78 bits per heavy atom. The molecule has 1 aliphatic heterocycles. The smallest absolute Gasteiger partial charge is 0.225 e. The zero-order valence-electron chi connectivity index (χ0n) is 10.0. The summed E-state index contributed by atoms with van der Waals surface area (Å²) < 4.78 is 0. The van der Waals surface area contributed by atoms with Crippen LogP contribution in [0.25, 0.3) is 11.1 Å². The SMILES string of the molecule is OC1CCN(c2ncc(-c3ccccc3)cn2)C1. The predicted octanol–water partition coefficient (Wildman–Crippen LogP) is 1.71. The second-order valence-corrected chi connectivity index (χ2v) is 4.53. The van der Waals surface area contributed by atoms with E-state index in [0.717, 1.165) is 24.1 Å². The molecule has 1 aromatic heterocycles. The van der Waals surface area contributed by atoms with Gasteiger partial charge in [-0.3, -0.25) is 0 Å². The number of β-amino-alcohol motifs (C(OH)–C–C–N with tert-alkyl or cyclic N) is 1. The van der Waals surface area contributed by atoms with E-state index in [9.17, 15) is 5.11 Å². The van der Waals surface area contributed by atoms with Crippen LogP contribution in [0.5, 0.6) is 0 Å². The lowest BCUT2D eigenvalue weighted by atomic mass is 10.1. The van der Waals surface area contributed by atoms with Crippen molar-refractivity contribution >= 4 is 5.95 Å². The molecule has 0 radical (unpaired) electrons. The Bertz CT molecular complexity index is 512. The first-order valence-electron chi connectivity index (χ1n) is 6.13. The van der Waals surface area contributed by atoms with Crippen LogP contribution in [0.1, 0.15) is 6.42 Å². The summed E-state index contributed by atoms with van der Waals surface area (Å²) in [6, 6.07) is 10.1. The molecule has 2 heterocycles. The molecule has 1 unspecified atom stereocenters. The summed E-state index contributed by atoms with van der Waals surface area (Å²) >= 11 is 0. The van der Waals surface area contributed by atoms with Gasteiger partial charge in [0.1, 0.15) is 0 Å². The molecule has 0 aliphatic carbocycles. The molecule has 4 heteroatoms. The first-order valence-corrected chi connectivity index (χ1v) is 6.13. The van der Waals surface area contributed by atoms with E-state index in [-0.39, 0.29) is 6.10 Å². The van der Waals surface area contributed by atoms with E-state index < -0.39 is 0 Å². The van der Waals surface area contributed by atoms with E-state index in [1.54, 1.807) is 0 Å². The van der Waals surface area contributed by atoms with Gasteiger partial charge in [-0.05, 0) is 12.0 Å². The number of aliphatic hydroxyl groups is 1. The summed E-state index contributed by atoms with van der Waals surface area (Å²) in [7, 11) is 0. The van der Waals surface area contributed by atoms with Gasteiger partial charge in [-0.15, -0.1) is 0 Å². The van der Waals surface area contributed by atoms with Crippen molar-refractivity contribution in [3.05, 3.63) is 42.7 Å². The summed E-state index contributed by atoms with van der Waals surface area (Å²) in [6.07, 6.45) is 4.22. The van der Waals surface area contributed by atoms with Crippen molar-refractivity contribution in [2.75, 3.05) is 18.0 Å². The maximum atomic E-state index is 9.50. The van der Waals surface area contributed by atoms with Gasteiger partial charge in [0, 0.05) is 31.0 Å². The summed E-state index contributed by atoms with van der Waals surface area (Å²) in [6.45, 7) is 1.45. The lowest BCUT2D eigenvalue weighted by Gasteiger charge is -2.15. The average molecular weight is 241 g/mol. The molecule has 0 spiro atoms. The van der Waals surface area contributed by atoms with Crippen LogP contribution in [0.2, 0.25) is 0 Å². The third-order valence-corrected chi connectivity index (χ3v) is 3.19. The molecule has 92 valence electrons. The Hall–Kier alpha value is -1.94. The maximum Gasteiger partial charge on any atom is 0.225 e. The molecule has 0 saturated carbocycles. The van der Waals surface area contributed by atoms with Crippen molar-refractivity contribution in [1.82, 2.24) is 9.97 Å². The quantitative estimate of drug-likeness (QED) is 0.869. The van der Waals surface area contributed by atoms with Gasteiger partial charge in [0.2, 0.25) is 5.95 Å². The van der Waals surface area contributed by atoms with E-state index in [1.165, 1.54) is 0 Å². The largest absolute Gasteiger partial charge is 0.391 e. The van der Waals surface area contributed by atoms with Gasteiger partial charge >= 0.3 is 0 Å². The second kappa shape index (κ2) is 4.74. The summed E-state index contributed by atoms with van der Waals surface area (Å²) in [5.74, 6) is 0.700. The van der Waals surface area contributed by atoms with Crippen molar-refractivity contribution in [2.45, 2.75) is 12.5 Å². The van der Waals surface area contributed by atoms with Crippen molar-refractivity contribution in [2.24, 2.45) is 0 Å². The van der Waals surface area contributed by atoms with Crippen molar-refractivity contribution in [1.29, 1.82) is 0 Å². The molecule has 1 fully saturated rings. The molecule has 1 saturated heterocycles. The molecule has 18 heavy (non-hydrogen) atoms. The molecule has 0 bridgehead atoms. The van der Waals surface area contributed by atoms with Crippen molar-refractivity contribution in [3.8, 4) is 11.1 Å². The van der Waals surface area contributed by atoms with Gasteiger partial charge in [0.25, 0.3) is 0 Å². The lowest BCUT2D eigenvalue weighted by Crippen LogP contribution is -2.23. The molecule has 1 aliphatic rings. The van der Waals surface area contributed by atoms with Gasteiger partial charge in [-0.2, -0.15) is 0 Å². The van der Waals surface area contributed by atoms with E-state index in [2.05, 4.69) is 9.97 Å². The third-order valence-electron chi connectivity index (χ3n) is 3.19. The number of rotatable bonds is 2. The van der Waals surface area contributed by atoms with Crippen LogP contribution < -0.4 is 4.90 Å². The highest BCUT2D eigenvalue weighted by Gasteiger charge is 2.21. The number of aliphatic hydroxyl groups excluding tert-OH is 1. The number of hydrogen-bond acceptors (Lipinski definition) is 4. The molecular formula is C14H15N3O. The van der Waals surface area contributed by atoms with Gasteiger partial charge < -0.3 is 10.0 Å². The topological polar surface area (TPSA) is 49.2 Å². The Kier molecular flexibility index (Phi) is 2.94. The number of hydrogen-bond donors (Lipinski definition) is 1. The molecule has 0 amide bonds. The van der Waals surface area contributed by atoms with E-state index in [1.807, 2.05) is 47.6 Å². The Labute approximate surface area is 106 Å². The summed E-state index contributed by atoms with van der Waals surface area (Å²) in [5.41, 5.74) is 2.13. The number of anilines is 1. The monoisotopic (exact) mass is 241 g/mol. The molecule has 1 N–H and O–H groups in total. The molecule has 1 aromatic carbocycles. The summed E-state index contributed by atoms with van der Waals surface area (Å²) in [5, 5.41) is 9.50. The van der Waals surface area contributed by atoms with Crippen molar-refractivity contribution in [3.63, 3.8) is 0 Å². The zero-order valence-corrected chi connectivity index (χ0v) is 10.0. The average Bonchev–Trinajstić information content (AvgIpc) is 2.87. The van der Waals surface area contributed by atoms with Crippen LogP contribution in [0.15, 0.2) is 42.7 Å². The van der Waals surface area contributed by atoms with Crippen LogP contribution in [0, 0.1) is 0 Å². The number of aromatic nitrogens is 2. The standard InChI is InChI=1S/C14H15N3O/c18-13-6-7-17(10-13)14-15-8-12(9-16-14)11-4-2-1-3-5-11/h1-5,8-9,13,18H,6-7,10H2. The Morgan fingerprint density at radius 3 is 2.39 bits per heavy atom. The lowest BCUT2D eigenvalue weighted by molar-refractivity contribution is 0.198. The fourth-order valence-corrected chi connectivity index (χ4v) is 2.19. The van der Waals surface area contributed by atoms with Gasteiger partial charge in [-0.25, -0.2) is 9.97 Å². The molecular weight excluding hydrogens is 226 g/mol. The van der Waals surface area contributed by atoms with Gasteiger partial charge in [0.15, 0.2) is 0 Å². The van der Waals surface area contributed by atoms with Crippen LogP contribution in [-0.2, 0) is 0 Å². The number of nitrogens with zero attached hydrogens (tertiary/aromatic N) is 3. The minimum atomic E-state index is -0.248. The fourth-order valence-electron chi connectivity index (χ4n) is 2.19. The normalized spacial score (nSPS) is 19.2. The highest BCUT2D eigenvalue weighted by Crippen LogP contribution is 2.20. The third kappa shape index (κ3) is 2.19. The molecule has 3 rings (SSSR count). The fraction of sp³-hybridized carbons (Fsp3) is 0.286. The van der Waals surface area contributed by atoms with E-state index in [0.29, 0.717) is 12.5 Å². The molecule has 4 nitrogen and oxygen atoms in total. The Morgan fingerprint density at radius 1 is 1.06 bits per heavy atom. The number of benzene rings is 1.